The van der Waals surface area contributed by atoms with Crippen molar-refractivity contribution in [2.75, 3.05) is 6.73 Å². The van der Waals surface area contributed by atoms with Gasteiger partial charge in [-0.3, -0.25) is 5.73 Å². The van der Waals surface area contributed by atoms with Crippen molar-refractivity contribution in [2.24, 2.45) is 21.5 Å². The van der Waals surface area contributed by atoms with E-state index < -0.39 is 31.5 Å². The van der Waals surface area contributed by atoms with Crippen LogP contribution in [0.3, 0.4) is 0 Å². The second-order valence-electron chi connectivity index (χ2n) is 2.83. The SMILES string of the molecule is NC1=NC(N)N(CO)C(CC(F)(F)F)=N1. The maximum atomic E-state index is 12.1. The number of aliphatic hydroxyl groups is 1. The quantitative estimate of drug-likeness (QED) is 0.570. The molecule has 1 unspecified atom stereocenters. The van der Waals surface area contributed by atoms with E-state index in [-0.39, 0.29) is 5.96 Å². The lowest BCUT2D eigenvalue weighted by atomic mass is 10.3. The van der Waals surface area contributed by atoms with Crippen molar-refractivity contribution in [1.82, 2.24) is 4.90 Å². The van der Waals surface area contributed by atoms with Gasteiger partial charge in [0.15, 0.2) is 6.29 Å². The van der Waals surface area contributed by atoms with E-state index in [1.807, 2.05) is 0 Å². The molecular formula is C6H10F3N5O. The smallest absolute Gasteiger partial charge is 0.376 e. The van der Waals surface area contributed by atoms with Crippen molar-refractivity contribution in [3.05, 3.63) is 0 Å². The largest absolute Gasteiger partial charge is 0.396 e. The predicted octanol–water partition coefficient (Wildman–Crippen LogP) is -0.840. The van der Waals surface area contributed by atoms with Gasteiger partial charge in [0.1, 0.15) is 19.0 Å². The van der Waals surface area contributed by atoms with Crippen LogP contribution in [0, 0.1) is 0 Å². The molecule has 15 heavy (non-hydrogen) atoms. The van der Waals surface area contributed by atoms with Crippen molar-refractivity contribution in [3.63, 3.8) is 0 Å². The second-order valence-corrected chi connectivity index (χ2v) is 2.83. The summed E-state index contributed by atoms with van der Waals surface area (Å²) in [6, 6.07) is 0. The molecule has 1 atom stereocenters. The summed E-state index contributed by atoms with van der Waals surface area (Å²) in [5.74, 6) is -0.767. The highest BCUT2D eigenvalue weighted by Gasteiger charge is 2.34. The third-order valence-electron chi connectivity index (χ3n) is 1.67. The summed E-state index contributed by atoms with van der Waals surface area (Å²) in [6.07, 6.45) is -6.88. The van der Waals surface area contributed by atoms with Gasteiger partial charge in [-0.1, -0.05) is 0 Å². The van der Waals surface area contributed by atoms with Crippen LogP contribution in [0.25, 0.3) is 0 Å². The van der Waals surface area contributed by atoms with Gasteiger partial charge >= 0.3 is 6.18 Å². The van der Waals surface area contributed by atoms with Crippen LogP contribution < -0.4 is 11.5 Å². The summed E-state index contributed by atoms with van der Waals surface area (Å²) < 4.78 is 36.3. The topological polar surface area (TPSA) is 100 Å². The number of nitrogens with two attached hydrogens (primary N) is 2. The van der Waals surface area contributed by atoms with Crippen molar-refractivity contribution in [2.45, 2.75) is 18.9 Å². The molecule has 1 aliphatic rings. The minimum Gasteiger partial charge on any atom is -0.376 e. The van der Waals surface area contributed by atoms with E-state index in [0.29, 0.717) is 0 Å². The second kappa shape index (κ2) is 4.03. The Kier molecular flexibility index (Phi) is 3.15. The van der Waals surface area contributed by atoms with Gasteiger partial charge in [0.05, 0.1) is 0 Å². The molecule has 1 rings (SSSR count). The average molecular weight is 225 g/mol. The van der Waals surface area contributed by atoms with E-state index in [4.69, 9.17) is 16.6 Å². The van der Waals surface area contributed by atoms with Gasteiger partial charge in [-0.25, -0.2) is 9.98 Å². The number of halogens is 3. The lowest BCUT2D eigenvalue weighted by Gasteiger charge is -2.30. The van der Waals surface area contributed by atoms with Gasteiger partial charge in [0, 0.05) is 0 Å². The van der Waals surface area contributed by atoms with Crippen LogP contribution >= 0.6 is 0 Å². The van der Waals surface area contributed by atoms with E-state index in [1.54, 1.807) is 0 Å². The molecule has 0 radical (unpaired) electrons. The monoisotopic (exact) mass is 225 g/mol. The van der Waals surface area contributed by atoms with Gasteiger partial charge in [-0.05, 0) is 0 Å². The molecule has 0 spiro atoms. The number of aliphatic imine (C=N–C) groups is 2. The van der Waals surface area contributed by atoms with Crippen molar-refractivity contribution < 1.29 is 18.3 Å². The summed E-state index contributed by atoms with van der Waals surface area (Å²) >= 11 is 0. The number of guanidine groups is 1. The number of amidine groups is 1. The molecule has 0 amide bonds. The highest BCUT2D eigenvalue weighted by atomic mass is 19.4. The molecule has 0 aromatic rings. The van der Waals surface area contributed by atoms with Crippen LogP contribution in [0.2, 0.25) is 0 Å². The van der Waals surface area contributed by atoms with Gasteiger partial charge in [0.2, 0.25) is 5.96 Å². The molecule has 0 aliphatic carbocycles. The van der Waals surface area contributed by atoms with E-state index in [2.05, 4.69) is 9.98 Å². The lowest BCUT2D eigenvalue weighted by Crippen LogP contribution is -2.50. The molecule has 0 bridgehead atoms. The summed E-state index contributed by atoms with van der Waals surface area (Å²) in [5.41, 5.74) is 10.5. The molecule has 0 saturated heterocycles. The number of rotatable bonds is 2. The summed E-state index contributed by atoms with van der Waals surface area (Å²) in [5, 5.41) is 8.80. The Morgan fingerprint density at radius 3 is 2.53 bits per heavy atom. The van der Waals surface area contributed by atoms with Gasteiger partial charge in [0.25, 0.3) is 0 Å². The molecule has 1 aliphatic heterocycles. The zero-order valence-corrected chi connectivity index (χ0v) is 7.57. The Labute approximate surface area is 83.1 Å². The first-order valence-corrected chi connectivity index (χ1v) is 3.94. The van der Waals surface area contributed by atoms with Crippen molar-refractivity contribution in [1.29, 1.82) is 0 Å². The third-order valence-corrected chi connectivity index (χ3v) is 1.67. The first-order valence-electron chi connectivity index (χ1n) is 3.94. The molecule has 0 aromatic carbocycles. The predicted molar refractivity (Wildman–Crippen MR) is 46.6 cm³/mol. The molecule has 86 valence electrons. The maximum Gasteiger partial charge on any atom is 0.396 e. The first kappa shape index (κ1) is 11.7. The van der Waals surface area contributed by atoms with Crippen LogP contribution in [0.1, 0.15) is 6.42 Å². The fourth-order valence-corrected chi connectivity index (χ4v) is 1.07. The van der Waals surface area contributed by atoms with Gasteiger partial charge in [-0.2, -0.15) is 13.2 Å². The van der Waals surface area contributed by atoms with Crippen LogP contribution in [0.15, 0.2) is 9.98 Å². The fourth-order valence-electron chi connectivity index (χ4n) is 1.07. The molecule has 0 aromatic heterocycles. The number of nitrogens with zero attached hydrogens (tertiary/aromatic N) is 3. The minimum absolute atomic E-state index is 0.327. The Hall–Kier alpha value is -1.35. The molecule has 5 N–H and O–H groups in total. The zero-order valence-electron chi connectivity index (χ0n) is 7.57. The number of alkyl halides is 3. The summed E-state index contributed by atoms with van der Waals surface area (Å²) in [4.78, 5) is 7.69. The summed E-state index contributed by atoms with van der Waals surface area (Å²) in [6.45, 7) is -0.702. The standard InChI is InChI=1S/C6H10F3N5O/c7-6(8,9)1-3-12-4(10)13-5(11)14(3)2-15/h5,15H,1-2,11H2,(H2,10,13). The van der Waals surface area contributed by atoms with Crippen molar-refractivity contribution >= 4 is 11.8 Å². The lowest BCUT2D eigenvalue weighted by molar-refractivity contribution is -0.123. The average Bonchev–Trinajstić information content (AvgIpc) is 1.99. The Morgan fingerprint density at radius 1 is 1.47 bits per heavy atom. The minimum atomic E-state index is -4.44. The molecule has 0 saturated carbocycles. The van der Waals surface area contributed by atoms with Crippen LogP contribution in [-0.4, -0.2) is 41.0 Å². The maximum absolute atomic E-state index is 12.1. The molecule has 6 nitrogen and oxygen atoms in total. The molecule has 0 fully saturated rings. The highest BCUT2D eigenvalue weighted by molar-refractivity contribution is 5.97. The van der Waals surface area contributed by atoms with E-state index in [9.17, 15) is 13.2 Å². The number of hydrogen-bond acceptors (Lipinski definition) is 6. The van der Waals surface area contributed by atoms with Crippen molar-refractivity contribution in [3.8, 4) is 0 Å². The number of hydrogen-bond donors (Lipinski definition) is 3. The Morgan fingerprint density at radius 2 is 2.07 bits per heavy atom. The van der Waals surface area contributed by atoms with E-state index in [1.165, 1.54) is 0 Å². The van der Waals surface area contributed by atoms with Gasteiger partial charge < -0.3 is 15.7 Å². The van der Waals surface area contributed by atoms with Crippen LogP contribution in [0.5, 0.6) is 0 Å². The zero-order chi connectivity index (χ0) is 11.6. The molecular weight excluding hydrogens is 215 g/mol. The van der Waals surface area contributed by atoms with Gasteiger partial charge in [-0.15, -0.1) is 0 Å². The molecule has 9 heteroatoms. The molecule has 1 heterocycles. The number of aliphatic hydroxyl groups excluding tert-OH is 1. The Balaban J connectivity index is 2.87. The first-order chi connectivity index (χ1) is 6.83. The van der Waals surface area contributed by atoms with Crippen LogP contribution in [0.4, 0.5) is 13.2 Å². The normalized spacial score (nSPS) is 22.5. The van der Waals surface area contributed by atoms with E-state index in [0.717, 1.165) is 4.90 Å². The van der Waals surface area contributed by atoms with E-state index >= 15 is 0 Å². The Bertz CT molecular complexity index is 300. The summed E-state index contributed by atoms with van der Waals surface area (Å²) in [7, 11) is 0. The third kappa shape index (κ3) is 3.06. The fraction of sp³-hybridized carbons (Fsp3) is 0.667. The van der Waals surface area contributed by atoms with Crippen LogP contribution in [-0.2, 0) is 0 Å². The highest BCUT2D eigenvalue weighted by Crippen LogP contribution is 2.22.